The van der Waals surface area contributed by atoms with Crippen molar-refractivity contribution in [3.63, 3.8) is 0 Å². The highest BCUT2D eigenvalue weighted by molar-refractivity contribution is 6.35. The van der Waals surface area contributed by atoms with Crippen LogP contribution in [0.15, 0.2) is 48.8 Å². The molecule has 1 aromatic heterocycles. The zero-order chi connectivity index (χ0) is 14.7. The zero-order valence-corrected chi connectivity index (χ0v) is 12.4. The van der Waals surface area contributed by atoms with E-state index in [1.165, 1.54) is 0 Å². The molecule has 0 amide bonds. The second-order valence-electron chi connectivity index (χ2n) is 4.39. The van der Waals surface area contributed by atoms with Gasteiger partial charge in [-0.3, -0.25) is 0 Å². The molecule has 1 N–H and O–H groups in total. The topological polar surface area (TPSA) is 55.6 Å². The maximum absolute atomic E-state index is 6.15. The molecule has 0 saturated carbocycles. The van der Waals surface area contributed by atoms with Crippen molar-refractivity contribution in [1.82, 2.24) is 20.2 Å². The average Bonchev–Trinajstić information content (AvgIpc) is 3.01. The number of anilines is 1. The van der Waals surface area contributed by atoms with E-state index in [0.717, 1.165) is 16.9 Å². The summed E-state index contributed by atoms with van der Waals surface area (Å²) >= 11 is 12.0. The van der Waals surface area contributed by atoms with E-state index in [4.69, 9.17) is 23.2 Å². The molecule has 0 bridgehead atoms. The van der Waals surface area contributed by atoms with E-state index in [9.17, 15) is 0 Å². The van der Waals surface area contributed by atoms with Gasteiger partial charge >= 0.3 is 0 Å². The Kier molecular flexibility index (Phi) is 4.03. The highest BCUT2D eigenvalue weighted by atomic mass is 35.5. The maximum atomic E-state index is 6.15. The lowest BCUT2D eigenvalue weighted by molar-refractivity contribution is 0.789. The highest BCUT2D eigenvalue weighted by Crippen LogP contribution is 2.22. The normalized spacial score (nSPS) is 10.6. The van der Waals surface area contributed by atoms with E-state index in [-0.39, 0.29) is 0 Å². The molecule has 1 heterocycles. The van der Waals surface area contributed by atoms with Gasteiger partial charge in [0.1, 0.15) is 6.33 Å². The fourth-order valence-corrected chi connectivity index (χ4v) is 2.38. The Morgan fingerprint density at radius 2 is 2.00 bits per heavy atom. The van der Waals surface area contributed by atoms with E-state index in [2.05, 4.69) is 20.8 Å². The number of nitrogens with one attached hydrogen (secondary N) is 1. The molecule has 0 radical (unpaired) electrons. The van der Waals surface area contributed by atoms with Crippen LogP contribution in [0.3, 0.4) is 0 Å². The summed E-state index contributed by atoms with van der Waals surface area (Å²) in [5, 5.41) is 15.7. The Bertz CT molecular complexity index is 743. The van der Waals surface area contributed by atoms with Gasteiger partial charge in [-0.15, -0.1) is 5.10 Å². The SMILES string of the molecule is Clc1ccc(CNc2cccc(-n3cnnn3)c2)c(Cl)c1. The molecule has 5 nitrogen and oxygen atoms in total. The van der Waals surface area contributed by atoms with Gasteiger partial charge in [0.25, 0.3) is 0 Å². The molecule has 0 aliphatic heterocycles. The van der Waals surface area contributed by atoms with Gasteiger partial charge in [0.05, 0.1) is 5.69 Å². The van der Waals surface area contributed by atoms with Crippen LogP contribution in [0, 0.1) is 0 Å². The van der Waals surface area contributed by atoms with Crippen LogP contribution < -0.4 is 5.32 Å². The van der Waals surface area contributed by atoms with Crippen LogP contribution in [0.1, 0.15) is 5.56 Å². The molecule has 3 rings (SSSR count). The molecule has 0 fully saturated rings. The summed E-state index contributed by atoms with van der Waals surface area (Å²) in [6.45, 7) is 0.606. The van der Waals surface area contributed by atoms with E-state index in [1.807, 2.05) is 36.4 Å². The minimum absolute atomic E-state index is 0.606. The number of hydrogen-bond acceptors (Lipinski definition) is 4. The van der Waals surface area contributed by atoms with Crippen molar-refractivity contribution >= 4 is 28.9 Å². The molecule has 0 unspecified atom stereocenters. The third-order valence-corrected chi connectivity index (χ3v) is 3.54. The minimum Gasteiger partial charge on any atom is -0.381 e. The monoisotopic (exact) mass is 319 g/mol. The van der Waals surface area contributed by atoms with Crippen molar-refractivity contribution in [3.8, 4) is 5.69 Å². The summed E-state index contributed by atoms with van der Waals surface area (Å²) in [5.41, 5.74) is 2.81. The predicted octanol–water partition coefficient (Wildman–Crippen LogP) is 3.58. The summed E-state index contributed by atoms with van der Waals surface area (Å²) in [7, 11) is 0. The Morgan fingerprint density at radius 3 is 2.76 bits per heavy atom. The minimum atomic E-state index is 0.606. The quantitative estimate of drug-likeness (QED) is 0.798. The summed E-state index contributed by atoms with van der Waals surface area (Å²) in [6.07, 6.45) is 1.55. The van der Waals surface area contributed by atoms with Crippen LogP contribution in [0.2, 0.25) is 10.0 Å². The molecule has 106 valence electrons. The standard InChI is InChI=1S/C14H11Cl2N5/c15-11-5-4-10(14(16)6-11)8-17-12-2-1-3-13(7-12)21-9-18-19-20-21/h1-7,9,17H,8H2. The average molecular weight is 320 g/mol. The van der Waals surface area contributed by atoms with E-state index in [0.29, 0.717) is 16.6 Å². The lowest BCUT2D eigenvalue weighted by Crippen LogP contribution is -2.01. The predicted molar refractivity (Wildman–Crippen MR) is 82.9 cm³/mol. The van der Waals surface area contributed by atoms with Gasteiger partial charge in [-0.1, -0.05) is 35.3 Å². The lowest BCUT2D eigenvalue weighted by atomic mass is 10.2. The first kappa shape index (κ1) is 13.9. The molecule has 0 aliphatic rings. The Balaban J connectivity index is 1.75. The second-order valence-corrected chi connectivity index (χ2v) is 5.24. The number of aromatic nitrogens is 4. The summed E-state index contributed by atoms with van der Waals surface area (Å²) in [5.74, 6) is 0. The first-order valence-corrected chi connectivity index (χ1v) is 6.99. The molecule has 0 atom stereocenters. The molecule has 0 aliphatic carbocycles. The van der Waals surface area contributed by atoms with Crippen molar-refractivity contribution in [2.45, 2.75) is 6.54 Å². The molecule has 3 aromatic rings. The first-order valence-electron chi connectivity index (χ1n) is 6.23. The molecule has 0 spiro atoms. The third-order valence-electron chi connectivity index (χ3n) is 2.96. The van der Waals surface area contributed by atoms with Gasteiger partial charge in [-0.05, 0) is 46.3 Å². The van der Waals surface area contributed by atoms with Crippen molar-refractivity contribution in [3.05, 3.63) is 64.4 Å². The van der Waals surface area contributed by atoms with Gasteiger partial charge in [0.15, 0.2) is 0 Å². The van der Waals surface area contributed by atoms with Crippen LogP contribution in [-0.4, -0.2) is 20.2 Å². The van der Waals surface area contributed by atoms with Gasteiger partial charge < -0.3 is 5.32 Å². The molecule has 2 aromatic carbocycles. The van der Waals surface area contributed by atoms with Crippen LogP contribution in [-0.2, 0) is 6.54 Å². The van der Waals surface area contributed by atoms with Crippen LogP contribution >= 0.6 is 23.2 Å². The van der Waals surface area contributed by atoms with Crippen LogP contribution in [0.25, 0.3) is 5.69 Å². The number of benzene rings is 2. The van der Waals surface area contributed by atoms with Gasteiger partial charge in [-0.2, -0.15) is 0 Å². The first-order chi connectivity index (χ1) is 10.2. The Morgan fingerprint density at radius 1 is 1.10 bits per heavy atom. The number of nitrogens with zero attached hydrogens (tertiary/aromatic N) is 4. The van der Waals surface area contributed by atoms with E-state index >= 15 is 0 Å². The smallest absolute Gasteiger partial charge is 0.143 e. The maximum Gasteiger partial charge on any atom is 0.143 e. The molecular formula is C14H11Cl2N5. The molecule has 0 saturated heterocycles. The van der Waals surface area contributed by atoms with E-state index in [1.54, 1.807) is 17.1 Å². The van der Waals surface area contributed by atoms with Crippen LogP contribution in [0.4, 0.5) is 5.69 Å². The largest absolute Gasteiger partial charge is 0.381 e. The van der Waals surface area contributed by atoms with Gasteiger partial charge in [-0.25, -0.2) is 4.68 Å². The molecular weight excluding hydrogens is 309 g/mol. The van der Waals surface area contributed by atoms with Gasteiger partial charge in [0.2, 0.25) is 0 Å². The van der Waals surface area contributed by atoms with Crippen molar-refractivity contribution in [2.75, 3.05) is 5.32 Å². The Hall–Kier alpha value is -2.11. The second kappa shape index (κ2) is 6.11. The van der Waals surface area contributed by atoms with Crippen molar-refractivity contribution in [2.24, 2.45) is 0 Å². The number of tetrazole rings is 1. The Labute approximate surface area is 131 Å². The summed E-state index contributed by atoms with van der Waals surface area (Å²) in [6, 6.07) is 13.2. The highest BCUT2D eigenvalue weighted by Gasteiger charge is 2.03. The summed E-state index contributed by atoms with van der Waals surface area (Å²) < 4.78 is 1.60. The number of halogens is 2. The summed E-state index contributed by atoms with van der Waals surface area (Å²) in [4.78, 5) is 0. The molecule has 21 heavy (non-hydrogen) atoms. The van der Waals surface area contributed by atoms with Crippen molar-refractivity contribution < 1.29 is 0 Å². The lowest BCUT2D eigenvalue weighted by Gasteiger charge is -2.09. The fraction of sp³-hybridized carbons (Fsp3) is 0.0714. The zero-order valence-electron chi connectivity index (χ0n) is 10.9. The third kappa shape index (κ3) is 3.32. The number of rotatable bonds is 4. The van der Waals surface area contributed by atoms with E-state index < -0.39 is 0 Å². The number of hydrogen-bond donors (Lipinski definition) is 1. The molecule has 7 heteroatoms. The van der Waals surface area contributed by atoms with Crippen LogP contribution in [0.5, 0.6) is 0 Å². The fourth-order valence-electron chi connectivity index (χ4n) is 1.90. The van der Waals surface area contributed by atoms with Crippen molar-refractivity contribution in [1.29, 1.82) is 0 Å². The van der Waals surface area contributed by atoms with Gasteiger partial charge in [0, 0.05) is 22.3 Å².